The predicted molar refractivity (Wildman–Crippen MR) is 90.0 cm³/mol. The van der Waals surface area contributed by atoms with Crippen LogP contribution in [-0.2, 0) is 16.0 Å². The van der Waals surface area contributed by atoms with Gasteiger partial charge in [0.25, 0.3) is 0 Å². The summed E-state index contributed by atoms with van der Waals surface area (Å²) in [4.78, 5) is 23.1. The van der Waals surface area contributed by atoms with Gasteiger partial charge in [0.05, 0.1) is 12.7 Å². The lowest BCUT2D eigenvalue weighted by Crippen LogP contribution is -2.23. The number of carbonyl (C=O) groups excluding carboxylic acids is 2. The van der Waals surface area contributed by atoms with E-state index in [9.17, 15) is 9.59 Å². The fraction of sp³-hybridized carbons (Fsp3) is 0.158. The Labute approximate surface area is 135 Å². The molecule has 0 aliphatic carbocycles. The molecule has 0 aromatic heterocycles. The number of esters is 1. The summed E-state index contributed by atoms with van der Waals surface area (Å²) in [7, 11) is 1.34. The van der Waals surface area contributed by atoms with Crippen LogP contribution in [0.4, 0.5) is 0 Å². The van der Waals surface area contributed by atoms with E-state index in [1.807, 2.05) is 30.3 Å². The number of methoxy groups -OCH3 is 1. The van der Waals surface area contributed by atoms with Crippen LogP contribution in [0.5, 0.6) is 0 Å². The third-order valence-corrected chi connectivity index (χ3v) is 3.31. The Hall–Kier alpha value is -2.88. The molecular weight excluding hydrogens is 290 g/mol. The minimum Gasteiger partial charge on any atom is -0.465 e. The molecule has 0 saturated carbocycles. The van der Waals surface area contributed by atoms with Crippen molar-refractivity contribution < 1.29 is 14.3 Å². The Kier molecular flexibility index (Phi) is 6.12. The second-order valence-electron chi connectivity index (χ2n) is 4.97. The highest BCUT2D eigenvalue weighted by Crippen LogP contribution is 2.07. The molecule has 0 bridgehead atoms. The van der Waals surface area contributed by atoms with Crippen LogP contribution in [0.15, 0.2) is 60.7 Å². The van der Waals surface area contributed by atoms with Crippen LogP contribution in [0, 0.1) is 0 Å². The second kappa shape index (κ2) is 8.54. The van der Waals surface area contributed by atoms with Gasteiger partial charge < -0.3 is 10.1 Å². The number of amides is 1. The summed E-state index contributed by atoms with van der Waals surface area (Å²) in [5.41, 5.74) is 2.52. The zero-order valence-corrected chi connectivity index (χ0v) is 13.0. The second-order valence-corrected chi connectivity index (χ2v) is 4.97. The molecule has 1 amide bonds. The van der Waals surface area contributed by atoms with E-state index in [1.54, 1.807) is 30.3 Å². The van der Waals surface area contributed by atoms with Crippen molar-refractivity contribution in [3.8, 4) is 0 Å². The molecule has 2 aromatic rings. The molecule has 118 valence electrons. The third-order valence-electron chi connectivity index (χ3n) is 3.31. The molecule has 23 heavy (non-hydrogen) atoms. The van der Waals surface area contributed by atoms with Gasteiger partial charge in [0, 0.05) is 12.6 Å². The van der Waals surface area contributed by atoms with Crippen molar-refractivity contribution in [3.05, 3.63) is 77.4 Å². The first-order chi connectivity index (χ1) is 11.2. The monoisotopic (exact) mass is 309 g/mol. The summed E-state index contributed by atoms with van der Waals surface area (Å²) in [6, 6.07) is 16.9. The Balaban J connectivity index is 1.80. The van der Waals surface area contributed by atoms with E-state index in [0.717, 1.165) is 12.0 Å². The molecule has 0 spiro atoms. The summed E-state index contributed by atoms with van der Waals surface area (Å²) in [5, 5.41) is 2.84. The summed E-state index contributed by atoms with van der Waals surface area (Å²) in [5.74, 6) is -0.517. The van der Waals surface area contributed by atoms with Gasteiger partial charge in [-0.05, 0) is 35.8 Å². The van der Waals surface area contributed by atoms with Crippen LogP contribution in [0.1, 0.15) is 21.5 Å². The fourth-order valence-corrected chi connectivity index (χ4v) is 2.05. The Morgan fingerprint density at radius 3 is 2.39 bits per heavy atom. The smallest absolute Gasteiger partial charge is 0.337 e. The van der Waals surface area contributed by atoms with Gasteiger partial charge in [0.2, 0.25) is 5.91 Å². The number of hydrogen-bond donors (Lipinski definition) is 1. The standard InChI is InChI=1S/C19H19NO3/c1-23-19(22)17-10-7-16(8-11-17)9-12-18(21)20-14-13-15-5-3-2-4-6-15/h2-12H,13-14H2,1H3,(H,20,21)/b12-9+. The van der Waals surface area contributed by atoms with Gasteiger partial charge in [0.15, 0.2) is 0 Å². The predicted octanol–water partition coefficient (Wildman–Crippen LogP) is 2.85. The minimum absolute atomic E-state index is 0.141. The lowest BCUT2D eigenvalue weighted by molar-refractivity contribution is -0.116. The first-order valence-electron chi connectivity index (χ1n) is 7.37. The zero-order valence-electron chi connectivity index (χ0n) is 13.0. The van der Waals surface area contributed by atoms with Crippen LogP contribution < -0.4 is 5.32 Å². The Bertz CT molecular complexity index is 676. The molecule has 4 nitrogen and oxygen atoms in total. The van der Waals surface area contributed by atoms with E-state index in [0.29, 0.717) is 12.1 Å². The first-order valence-corrected chi connectivity index (χ1v) is 7.37. The number of ether oxygens (including phenoxy) is 1. The van der Waals surface area contributed by atoms with Crippen molar-refractivity contribution in [2.45, 2.75) is 6.42 Å². The molecular formula is C19H19NO3. The van der Waals surface area contributed by atoms with Crippen molar-refractivity contribution in [2.24, 2.45) is 0 Å². The molecule has 0 saturated heterocycles. The van der Waals surface area contributed by atoms with Crippen LogP contribution in [-0.4, -0.2) is 25.5 Å². The molecule has 0 unspecified atom stereocenters. The van der Waals surface area contributed by atoms with E-state index in [-0.39, 0.29) is 11.9 Å². The molecule has 0 heterocycles. The Morgan fingerprint density at radius 2 is 1.74 bits per heavy atom. The molecule has 2 rings (SSSR count). The SMILES string of the molecule is COC(=O)c1ccc(/C=C/C(=O)NCCc2ccccc2)cc1. The van der Waals surface area contributed by atoms with Crippen molar-refractivity contribution in [2.75, 3.05) is 13.7 Å². The largest absolute Gasteiger partial charge is 0.465 e. The first kappa shape index (κ1) is 16.5. The highest BCUT2D eigenvalue weighted by molar-refractivity contribution is 5.92. The van der Waals surface area contributed by atoms with E-state index in [2.05, 4.69) is 10.1 Å². The average Bonchev–Trinajstić information content (AvgIpc) is 2.60. The van der Waals surface area contributed by atoms with E-state index >= 15 is 0 Å². The number of hydrogen-bond acceptors (Lipinski definition) is 3. The van der Waals surface area contributed by atoms with Gasteiger partial charge >= 0.3 is 5.97 Å². The van der Waals surface area contributed by atoms with E-state index in [4.69, 9.17) is 0 Å². The normalized spacial score (nSPS) is 10.5. The lowest BCUT2D eigenvalue weighted by Gasteiger charge is -2.02. The van der Waals surface area contributed by atoms with Gasteiger partial charge in [-0.2, -0.15) is 0 Å². The molecule has 0 atom stereocenters. The maximum absolute atomic E-state index is 11.8. The van der Waals surface area contributed by atoms with Crippen molar-refractivity contribution in [3.63, 3.8) is 0 Å². The van der Waals surface area contributed by atoms with Crippen LogP contribution in [0.25, 0.3) is 6.08 Å². The zero-order chi connectivity index (χ0) is 16.5. The molecule has 0 fully saturated rings. The van der Waals surface area contributed by atoms with Gasteiger partial charge in [0.1, 0.15) is 0 Å². The number of carbonyl (C=O) groups is 2. The molecule has 4 heteroatoms. The summed E-state index contributed by atoms with van der Waals surface area (Å²) < 4.78 is 4.63. The van der Waals surface area contributed by atoms with Gasteiger partial charge in [-0.1, -0.05) is 42.5 Å². The number of nitrogens with one attached hydrogen (secondary N) is 1. The van der Waals surface area contributed by atoms with Gasteiger partial charge in [-0.25, -0.2) is 4.79 Å². The van der Waals surface area contributed by atoms with Crippen molar-refractivity contribution in [1.29, 1.82) is 0 Å². The van der Waals surface area contributed by atoms with Crippen LogP contribution in [0.3, 0.4) is 0 Å². The van der Waals surface area contributed by atoms with Crippen LogP contribution in [0.2, 0.25) is 0 Å². The highest BCUT2D eigenvalue weighted by atomic mass is 16.5. The Morgan fingerprint density at radius 1 is 1.04 bits per heavy atom. The van der Waals surface area contributed by atoms with Crippen molar-refractivity contribution >= 4 is 18.0 Å². The van der Waals surface area contributed by atoms with Crippen molar-refractivity contribution in [1.82, 2.24) is 5.32 Å². The molecule has 0 aliphatic rings. The van der Waals surface area contributed by atoms with E-state index < -0.39 is 0 Å². The minimum atomic E-state index is -0.376. The average molecular weight is 309 g/mol. The molecule has 0 radical (unpaired) electrons. The lowest BCUT2D eigenvalue weighted by atomic mass is 10.1. The maximum Gasteiger partial charge on any atom is 0.337 e. The summed E-state index contributed by atoms with van der Waals surface area (Å²) in [6.45, 7) is 0.592. The summed E-state index contributed by atoms with van der Waals surface area (Å²) in [6.07, 6.45) is 3.99. The number of benzene rings is 2. The van der Waals surface area contributed by atoms with E-state index in [1.165, 1.54) is 18.7 Å². The number of rotatable bonds is 6. The molecule has 2 aromatic carbocycles. The molecule has 1 N–H and O–H groups in total. The maximum atomic E-state index is 11.8. The topological polar surface area (TPSA) is 55.4 Å². The fourth-order valence-electron chi connectivity index (χ4n) is 2.05. The van der Waals surface area contributed by atoms with Gasteiger partial charge in [-0.3, -0.25) is 4.79 Å². The van der Waals surface area contributed by atoms with Crippen LogP contribution >= 0.6 is 0 Å². The quantitative estimate of drug-likeness (QED) is 0.659. The molecule has 0 aliphatic heterocycles. The third kappa shape index (κ3) is 5.43. The summed E-state index contributed by atoms with van der Waals surface area (Å²) >= 11 is 0. The highest BCUT2D eigenvalue weighted by Gasteiger charge is 2.03. The van der Waals surface area contributed by atoms with Gasteiger partial charge in [-0.15, -0.1) is 0 Å².